The molecule has 1 amide bonds. The maximum atomic E-state index is 12.1. The minimum Gasteiger partial charge on any atom is -0.346 e. The van der Waals surface area contributed by atoms with E-state index in [0.717, 1.165) is 23.6 Å². The predicted octanol–water partition coefficient (Wildman–Crippen LogP) is 3.86. The molecule has 0 aliphatic heterocycles. The monoisotopic (exact) mass is 291 g/mol. The lowest BCUT2D eigenvalue weighted by atomic mass is 9.90. The molecule has 4 heteroatoms. The van der Waals surface area contributed by atoms with Gasteiger partial charge in [-0.25, -0.2) is 0 Å². The minimum absolute atomic E-state index is 0.0699. The van der Waals surface area contributed by atoms with Crippen LogP contribution >= 0.6 is 22.7 Å². The topological polar surface area (TPSA) is 29.1 Å². The predicted molar refractivity (Wildman–Crippen MR) is 81.0 cm³/mol. The fraction of sp³-hybridized carbons (Fsp3) is 0.400. The zero-order valence-corrected chi connectivity index (χ0v) is 12.6. The second-order valence-corrected chi connectivity index (χ2v) is 7.34. The Morgan fingerprint density at radius 1 is 1.53 bits per heavy atom. The third-order valence-corrected chi connectivity index (χ3v) is 5.67. The largest absolute Gasteiger partial charge is 0.346 e. The highest BCUT2D eigenvalue weighted by Crippen LogP contribution is 2.32. The summed E-state index contributed by atoms with van der Waals surface area (Å²) >= 11 is 3.35. The molecule has 100 valence electrons. The molecule has 2 aromatic heterocycles. The highest BCUT2D eigenvalue weighted by Gasteiger charge is 2.20. The van der Waals surface area contributed by atoms with Gasteiger partial charge in [-0.1, -0.05) is 13.0 Å². The van der Waals surface area contributed by atoms with Crippen LogP contribution in [0.25, 0.3) is 0 Å². The van der Waals surface area contributed by atoms with Gasteiger partial charge in [0, 0.05) is 9.75 Å². The number of amides is 1. The van der Waals surface area contributed by atoms with Crippen molar-refractivity contribution in [3.8, 4) is 0 Å². The Morgan fingerprint density at radius 3 is 3.21 bits per heavy atom. The van der Waals surface area contributed by atoms with Crippen LogP contribution in [0.1, 0.15) is 38.3 Å². The molecule has 0 spiro atoms. The number of thiophene rings is 2. The molecule has 0 aromatic carbocycles. The summed E-state index contributed by atoms with van der Waals surface area (Å²) < 4.78 is 0. The number of hydrogen-bond acceptors (Lipinski definition) is 3. The molecule has 0 saturated carbocycles. The van der Waals surface area contributed by atoms with Crippen LogP contribution < -0.4 is 5.32 Å². The number of nitrogens with one attached hydrogen (secondary N) is 1. The molecule has 1 aliphatic carbocycles. The van der Waals surface area contributed by atoms with Crippen molar-refractivity contribution >= 4 is 28.6 Å². The van der Waals surface area contributed by atoms with Crippen LogP contribution in [0, 0.1) is 5.92 Å². The van der Waals surface area contributed by atoms with E-state index in [4.69, 9.17) is 0 Å². The Hall–Kier alpha value is -1.13. The first kappa shape index (κ1) is 12.9. The van der Waals surface area contributed by atoms with E-state index in [1.807, 2.05) is 17.5 Å². The number of rotatable bonds is 3. The minimum atomic E-state index is 0.0699. The third kappa shape index (κ3) is 2.90. The van der Waals surface area contributed by atoms with Crippen LogP contribution in [0.3, 0.4) is 0 Å². The first-order valence-corrected chi connectivity index (χ1v) is 8.34. The Morgan fingerprint density at radius 2 is 2.42 bits per heavy atom. The third-order valence-electron chi connectivity index (χ3n) is 3.56. The summed E-state index contributed by atoms with van der Waals surface area (Å²) in [5.41, 5.74) is 1.39. The summed E-state index contributed by atoms with van der Waals surface area (Å²) in [6.07, 6.45) is 3.52. The van der Waals surface area contributed by atoms with Gasteiger partial charge >= 0.3 is 0 Å². The Kier molecular flexibility index (Phi) is 3.71. The van der Waals surface area contributed by atoms with Gasteiger partial charge in [0.1, 0.15) is 0 Å². The maximum Gasteiger partial charge on any atom is 0.261 e. The number of carbonyl (C=O) groups is 1. The van der Waals surface area contributed by atoms with E-state index in [1.165, 1.54) is 21.7 Å². The van der Waals surface area contributed by atoms with Crippen LogP contribution in [-0.4, -0.2) is 5.91 Å². The van der Waals surface area contributed by atoms with Crippen LogP contribution in [0.2, 0.25) is 0 Å². The van der Waals surface area contributed by atoms with Crippen molar-refractivity contribution in [1.82, 2.24) is 5.32 Å². The molecule has 3 rings (SSSR count). The first-order valence-electron chi connectivity index (χ1n) is 6.64. The molecule has 1 atom stereocenters. The van der Waals surface area contributed by atoms with Gasteiger partial charge in [0.25, 0.3) is 5.91 Å². The van der Waals surface area contributed by atoms with Crippen molar-refractivity contribution in [2.75, 3.05) is 0 Å². The summed E-state index contributed by atoms with van der Waals surface area (Å²) in [6, 6.07) is 6.16. The molecule has 1 aliphatic rings. The fourth-order valence-corrected chi connectivity index (χ4v) is 4.25. The lowest BCUT2D eigenvalue weighted by molar-refractivity contribution is 0.0955. The second kappa shape index (κ2) is 5.47. The van der Waals surface area contributed by atoms with Crippen molar-refractivity contribution < 1.29 is 4.79 Å². The molecule has 0 bridgehead atoms. The molecule has 0 saturated heterocycles. The SMILES string of the molecule is C[C@@H]1CCc2sc(C(=O)NCc3cccs3)cc2C1. The molecular weight excluding hydrogens is 274 g/mol. The summed E-state index contributed by atoms with van der Waals surface area (Å²) in [7, 11) is 0. The van der Waals surface area contributed by atoms with E-state index in [0.29, 0.717) is 6.54 Å². The zero-order valence-electron chi connectivity index (χ0n) is 10.9. The second-order valence-electron chi connectivity index (χ2n) is 5.17. The van der Waals surface area contributed by atoms with Gasteiger partial charge in [0.2, 0.25) is 0 Å². The molecule has 0 radical (unpaired) electrons. The van der Waals surface area contributed by atoms with Crippen molar-refractivity contribution in [3.05, 3.63) is 43.8 Å². The molecule has 2 nitrogen and oxygen atoms in total. The quantitative estimate of drug-likeness (QED) is 0.914. The van der Waals surface area contributed by atoms with Crippen LogP contribution in [-0.2, 0) is 19.4 Å². The summed E-state index contributed by atoms with van der Waals surface area (Å²) in [5.74, 6) is 0.824. The van der Waals surface area contributed by atoms with Gasteiger partial charge in [0.15, 0.2) is 0 Å². The summed E-state index contributed by atoms with van der Waals surface area (Å²) in [5, 5.41) is 5.04. The molecule has 19 heavy (non-hydrogen) atoms. The molecule has 2 aromatic rings. The lowest BCUT2D eigenvalue weighted by Gasteiger charge is -2.16. The van der Waals surface area contributed by atoms with E-state index in [9.17, 15) is 4.79 Å². The molecule has 1 N–H and O–H groups in total. The van der Waals surface area contributed by atoms with E-state index < -0.39 is 0 Å². The van der Waals surface area contributed by atoms with Gasteiger partial charge in [-0.2, -0.15) is 0 Å². The zero-order chi connectivity index (χ0) is 13.2. The van der Waals surface area contributed by atoms with Crippen molar-refractivity contribution in [2.45, 2.75) is 32.7 Å². The molecule has 0 fully saturated rings. The van der Waals surface area contributed by atoms with Gasteiger partial charge < -0.3 is 5.32 Å². The standard InChI is InChI=1S/C15H17NOS2/c1-10-4-5-13-11(7-10)8-14(19-13)15(17)16-9-12-3-2-6-18-12/h2-3,6,8,10H,4-5,7,9H2,1H3,(H,16,17)/t10-/m1/s1. The van der Waals surface area contributed by atoms with Gasteiger partial charge in [0.05, 0.1) is 11.4 Å². The lowest BCUT2D eigenvalue weighted by Crippen LogP contribution is -2.21. The van der Waals surface area contributed by atoms with E-state index in [-0.39, 0.29) is 5.91 Å². The van der Waals surface area contributed by atoms with Crippen molar-refractivity contribution in [1.29, 1.82) is 0 Å². The van der Waals surface area contributed by atoms with E-state index >= 15 is 0 Å². The van der Waals surface area contributed by atoms with Crippen LogP contribution in [0.4, 0.5) is 0 Å². The Balaban J connectivity index is 1.67. The molecule has 0 unspecified atom stereocenters. The maximum absolute atomic E-state index is 12.1. The first-order chi connectivity index (χ1) is 9.22. The van der Waals surface area contributed by atoms with Crippen LogP contribution in [0.15, 0.2) is 23.6 Å². The Bertz CT molecular complexity index is 571. The van der Waals surface area contributed by atoms with E-state index in [2.05, 4.69) is 18.3 Å². The fourth-order valence-electron chi connectivity index (χ4n) is 2.49. The Labute approximate surface area is 121 Å². The summed E-state index contributed by atoms with van der Waals surface area (Å²) in [4.78, 5) is 15.6. The highest BCUT2D eigenvalue weighted by atomic mass is 32.1. The number of carbonyl (C=O) groups excluding carboxylic acids is 1. The molecule has 2 heterocycles. The average Bonchev–Trinajstić information content (AvgIpc) is 3.04. The highest BCUT2D eigenvalue weighted by molar-refractivity contribution is 7.14. The average molecular weight is 291 g/mol. The van der Waals surface area contributed by atoms with Crippen LogP contribution in [0.5, 0.6) is 0 Å². The van der Waals surface area contributed by atoms with Gasteiger partial charge in [-0.3, -0.25) is 4.79 Å². The van der Waals surface area contributed by atoms with Crippen molar-refractivity contribution in [2.24, 2.45) is 5.92 Å². The number of hydrogen-bond donors (Lipinski definition) is 1. The normalized spacial score (nSPS) is 18.1. The van der Waals surface area contributed by atoms with Gasteiger partial charge in [-0.15, -0.1) is 22.7 Å². The summed E-state index contributed by atoms with van der Waals surface area (Å²) in [6.45, 7) is 2.92. The van der Waals surface area contributed by atoms with Gasteiger partial charge in [-0.05, 0) is 48.3 Å². The molecular formula is C15H17NOS2. The van der Waals surface area contributed by atoms with E-state index in [1.54, 1.807) is 22.7 Å². The number of aryl methyl sites for hydroxylation is 1. The van der Waals surface area contributed by atoms with Crippen molar-refractivity contribution in [3.63, 3.8) is 0 Å². The smallest absolute Gasteiger partial charge is 0.261 e. The number of fused-ring (bicyclic) bond motifs is 1.